The minimum absolute atomic E-state index is 0.000108. The maximum Gasteiger partial charge on any atom is 0.396 e. The number of rotatable bonds is 4. The van der Waals surface area contributed by atoms with E-state index < -0.39 is 12.6 Å². The Hall–Kier alpha value is -2.51. The van der Waals surface area contributed by atoms with Crippen LogP contribution in [0.3, 0.4) is 0 Å². The van der Waals surface area contributed by atoms with E-state index in [0.717, 1.165) is 0 Å². The van der Waals surface area contributed by atoms with E-state index in [1.165, 1.54) is 25.3 Å². The Kier molecular flexibility index (Phi) is 3.69. The molecule has 0 aliphatic heterocycles. The summed E-state index contributed by atoms with van der Waals surface area (Å²) in [5, 5.41) is 7.09. The van der Waals surface area contributed by atoms with E-state index in [1.807, 2.05) is 0 Å². The fourth-order valence-electron chi connectivity index (χ4n) is 1.31. The molecule has 0 saturated carbocycles. The number of hydrogen-bond donors (Lipinski definition) is 0. The van der Waals surface area contributed by atoms with Crippen LogP contribution in [0, 0.1) is 0 Å². The molecule has 0 N–H and O–H groups in total. The highest BCUT2D eigenvalue weighted by Gasteiger charge is 2.16. The topological polar surface area (TPSA) is 74.5 Å². The molecule has 0 aliphatic carbocycles. The molecule has 1 heterocycles. The molecule has 0 atom stereocenters. The number of nitrogens with zero attached hydrogens (tertiary/aromatic N) is 2. The van der Waals surface area contributed by atoms with Crippen LogP contribution < -0.4 is 4.74 Å². The lowest BCUT2D eigenvalue weighted by atomic mass is 10.2. The standard InChI is InChI=1S/C11H8F2N2O4/c1-17-10(16)9-15-14-8(19-9)6-3-2-4-7(5-6)18-11(12)13/h2-5,11H,1H3. The van der Waals surface area contributed by atoms with Crippen molar-refractivity contribution in [3.05, 3.63) is 30.2 Å². The van der Waals surface area contributed by atoms with Gasteiger partial charge in [0.2, 0.25) is 5.89 Å². The molecule has 2 rings (SSSR count). The van der Waals surface area contributed by atoms with E-state index in [1.54, 1.807) is 6.07 Å². The highest BCUT2D eigenvalue weighted by atomic mass is 19.3. The first-order valence-electron chi connectivity index (χ1n) is 5.07. The van der Waals surface area contributed by atoms with E-state index >= 15 is 0 Å². The Bertz CT molecular complexity index is 586. The van der Waals surface area contributed by atoms with Crippen molar-refractivity contribution in [2.24, 2.45) is 0 Å². The quantitative estimate of drug-likeness (QED) is 0.792. The van der Waals surface area contributed by atoms with Gasteiger partial charge in [0, 0.05) is 5.56 Å². The van der Waals surface area contributed by atoms with Crippen molar-refractivity contribution in [2.75, 3.05) is 7.11 Å². The lowest BCUT2D eigenvalue weighted by molar-refractivity contribution is -0.0498. The van der Waals surface area contributed by atoms with E-state index in [0.29, 0.717) is 5.56 Å². The maximum absolute atomic E-state index is 12.1. The SMILES string of the molecule is COC(=O)c1nnc(-c2cccc(OC(F)F)c2)o1. The van der Waals surface area contributed by atoms with Gasteiger partial charge >= 0.3 is 18.5 Å². The van der Waals surface area contributed by atoms with Crippen LogP contribution in [-0.4, -0.2) is 29.9 Å². The van der Waals surface area contributed by atoms with Crippen molar-refractivity contribution in [1.29, 1.82) is 0 Å². The van der Waals surface area contributed by atoms with Gasteiger partial charge in [0.05, 0.1) is 7.11 Å². The van der Waals surface area contributed by atoms with Crippen molar-refractivity contribution in [2.45, 2.75) is 6.61 Å². The molecule has 1 aromatic carbocycles. The number of carbonyl (C=O) groups is 1. The van der Waals surface area contributed by atoms with Gasteiger partial charge in [-0.05, 0) is 18.2 Å². The highest BCUT2D eigenvalue weighted by Crippen LogP contribution is 2.23. The number of aromatic nitrogens is 2. The zero-order valence-corrected chi connectivity index (χ0v) is 9.67. The zero-order chi connectivity index (χ0) is 13.8. The minimum Gasteiger partial charge on any atom is -0.462 e. The molecule has 8 heteroatoms. The van der Waals surface area contributed by atoms with Gasteiger partial charge in [-0.3, -0.25) is 0 Å². The summed E-state index contributed by atoms with van der Waals surface area (Å²) in [6.07, 6.45) is 0. The molecule has 0 saturated heterocycles. The summed E-state index contributed by atoms with van der Waals surface area (Å²) in [5.74, 6) is -1.15. The molecule has 0 bridgehead atoms. The molecule has 19 heavy (non-hydrogen) atoms. The third-order valence-electron chi connectivity index (χ3n) is 2.09. The van der Waals surface area contributed by atoms with Crippen molar-refractivity contribution >= 4 is 5.97 Å². The van der Waals surface area contributed by atoms with Crippen molar-refractivity contribution in [3.8, 4) is 17.2 Å². The second-order valence-electron chi connectivity index (χ2n) is 3.31. The molecule has 0 spiro atoms. The number of hydrogen-bond acceptors (Lipinski definition) is 6. The number of benzene rings is 1. The van der Waals surface area contributed by atoms with Crippen LogP contribution in [0.25, 0.3) is 11.5 Å². The lowest BCUT2D eigenvalue weighted by Crippen LogP contribution is -2.01. The molecule has 2 aromatic rings. The summed E-state index contributed by atoms with van der Waals surface area (Å²) in [6, 6.07) is 5.68. The molecule has 100 valence electrons. The normalized spacial score (nSPS) is 10.5. The molecule has 0 amide bonds. The first-order chi connectivity index (χ1) is 9.10. The van der Waals surface area contributed by atoms with Crippen molar-refractivity contribution in [3.63, 3.8) is 0 Å². The number of esters is 1. The Morgan fingerprint density at radius 2 is 2.16 bits per heavy atom. The number of alkyl halides is 2. The number of halogens is 2. The molecular weight excluding hydrogens is 262 g/mol. The zero-order valence-electron chi connectivity index (χ0n) is 9.67. The fourth-order valence-corrected chi connectivity index (χ4v) is 1.31. The molecule has 0 fully saturated rings. The van der Waals surface area contributed by atoms with Crippen LogP contribution in [0.5, 0.6) is 5.75 Å². The predicted molar refractivity (Wildman–Crippen MR) is 57.7 cm³/mol. The minimum atomic E-state index is -2.93. The van der Waals surface area contributed by atoms with Gasteiger partial charge in [-0.25, -0.2) is 4.79 Å². The monoisotopic (exact) mass is 270 g/mol. The molecular formula is C11H8F2N2O4. The maximum atomic E-state index is 12.1. The number of carbonyl (C=O) groups excluding carboxylic acids is 1. The van der Waals surface area contributed by atoms with Gasteiger partial charge in [-0.2, -0.15) is 8.78 Å². The summed E-state index contributed by atoms with van der Waals surface area (Å²) < 4.78 is 37.8. The third kappa shape index (κ3) is 3.03. The smallest absolute Gasteiger partial charge is 0.396 e. The summed E-state index contributed by atoms with van der Waals surface area (Å²) >= 11 is 0. The molecule has 1 aromatic heterocycles. The largest absolute Gasteiger partial charge is 0.462 e. The van der Waals surface area contributed by atoms with Crippen LogP contribution in [0.1, 0.15) is 10.7 Å². The van der Waals surface area contributed by atoms with Gasteiger partial charge in [-0.15, -0.1) is 10.2 Å². The number of ether oxygens (including phenoxy) is 2. The Labute approximate surface area is 106 Å². The van der Waals surface area contributed by atoms with Crippen LogP contribution in [0.4, 0.5) is 8.78 Å². The van der Waals surface area contributed by atoms with Gasteiger partial charge in [0.25, 0.3) is 0 Å². The highest BCUT2D eigenvalue weighted by molar-refractivity contribution is 5.84. The number of methoxy groups -OCH3 is 1. The van der Waals surface area contributed by atoms with Gasteiger partial charge in [0.1, 0.15) is 5.75 Å². The van der Waals surface area contributed by atoms with E-state index in [9.17, 15) is 13.6 Å². The van der Waals surface area contributed by atoms with Crippen LogP contribution >= 0.6 is 0 Å². The third-order valence-corrected chi connectivity index (χ3v) is 2.09. The Balaban J connectivity index is 2.26. The average Bonchev–Trinajstić information content (AvgIpc) is 2.87. The molecule has 0 radical (unpaired) electrons. The first-order valence-corrected chi connectivity index (χ1v) is 5.07. The van der Waals surface area contributed by atoms with E-state index in [4.69, 9.17) is 4.42 Å². The van der Waals surface area contributed by atoms with E-state index in [-0.39, 0.29) is 17.5 Å². The van der Waals surface area contributed by atoms with Gasteiger partial charge in [0.15, 0.2) is 0 Å². The Morgan fingerprint density at radius 1 is 1.37 bits per heavy atom. The van der Waals surface area contributed by atoms with Crippen LogP contribution in [0.2, 0.25) is 0 Å². The second kappa shape index (κ2) is 5.42. The molecule has 0 unspecified atom stereocenters. The van der Waals surface area contributed by atoms with Crippen LogP contribution in [0.15, 0.2) is 28.7 Å². The second-order valence-corrected chi connectivity index (χ2v) is 3.31. The van der Waals surface area contributed by atoms with Gasteiger partial charge in [-0.1, -0.05) is 6.07 Å². The predicted octanol–water partition coefficient (Wildman–Crippen LogP) is 2.12. The van der Waals surface area contributed by atoms with Crippen LogP contribution in [-0.2, 0) is 4.74 Å². The molecule has 0 aliphatic rings. The summed E-state index contributed by atoms with van der Waals surface area (Å²) in [7, 11) is 1.17. The fraction of sp³-hybridized carbons (Fsp3) is 0.182. The summed E-state index contributed by atoms with van der Waals surface area (Å²) in [5.41, 5.74) is 0.348. The van der Waals surface area contributed by atoms with Crippen molar-refractivity contribution in [1.82, 2.24) is 10.2 Å². The van der Waals surface area contributed by atoms with Crippen molar-refractivity contribution < 1.29 is 27.5 Å². The summed E-state index contributed by atoms with van der Waals surface area (Å²) in [4.78, 5) is 11.1. The molecule has 6 nitrogen and oxygen atoms in total. The average molecular weight is 270 g/mol. The first kappa shape index (κ1) is 12.9. The van der Waals surface area contributed by atoms with E-state index in [2.05, 4.69) is 19.7 Å². The summed E-state index contributed by atoms with van der Waals surface area (Å²) in [6.45, 7) is -2.93. The Morgan fingerprint density at radius 3 is 2.84 bits per heavy atom. The lowest BCUT2D eigenvalue weighted by Gasteiger charge is -2.04. The van der Waals surface area contributed by atoms with Gasteiger partial charge < -0.3 is 13.9 Å².